The Kier molecular flexibility index (Phi) is 4.77. The third-order valence-electron chi connectivity index (χ3n) is 3.62. The fourth-order valence-corrected chi connectivity index (χ4v) is 3.79. The fourth-order valence-electron chi connectivity index (χ4n) is 2.45. The number of nitrogens with zero attached hydrogens (tertiary/aromatic N) is 2. The Morgan fingerprint density at radius 2 is 2.19 bits per heavy atom. The quantitative estimate of drug-likeness (QED) is 0.932. The van der Waals surface area contributed by atoms with Crippen LogP contribution in [0.4, 0.5) is 10.5 Å². The lowest BCUT2D eigenvalue weighted by molar-refractivity contribution is -0.141. The van der Waals surface area contributed by atoms with E-state index in [-0.39, 0.29) is 11.4 Å². The second-order valence-electron chi connectivity index (χ2n) is 5.14. The Morgan fingerprint density at radius 3 is 2.76 bits per heavy atom. The summed E-state index contributed by atoms with van der Waals surface area (Å²) in [6.07, 6.45) is 0.738. The van der Waals surface area contributed by atoms with Crippen molar-refractivity contribution in [2.45, 2.75) is 31.7 Å². The first-order valence-electron chi connectivity index (χ1n) is 6.92. The van der Waals surface area contributed by atoms with Gasteiger partial charge in [-0.1, -0.05) is 19.1 Å². The van der Waals surface area contributed by atoms with Crippen LogP contribution in [0.3, 0.4) is 0 Å². The molecule has 2 unspecified atom stereocenters. The van der Waals surface area contributed by atoms with Gasteiger partial charge in [0.15, 0.2) is 0 Å². The van der Waals surface area contributed by atoms with Gasteiger partial charge in [-0.2, -0.15) is 0 Å². The predicted octanol–water partition coefficient (Wildman–Crippen LogP) is 2.79. The van der Waals surface area contributed by atoms with Gasteiger partial charge < -0.3 is 5.11 Å². The minimum Gasteiger partial charge on any atom is -0.480 e. The number of benzene rings is 1. The molecule has 1 aliphatic heterocycles. The molecule has 1 aromatic rings. The standard InChI is InChI=1S/C15H20N2O3S/c1-4-13-17(12(9-21-13)14(18)19)15(20)16(3)11-7-5-6-10(2)8-11/h5-8,12-13H,4,9H2,1-3H3,(H,18,19). The molecule has 114 valence electrons. The van der Waals surface area contributed by atoms with Crippen molar-refractivity contribution in [3.63, 3.8) is 0 Å². The molecule has 0 spiro atoms. The summed E-state index contributed by atoms with van der Waals surface area (Å²) < 4.78 is 0. The average Bonchev–Trinajstić information content (AvgIpc) is 2.89. The first-order valence-corrected chi connectivity index (χ1v) is 7.97. The van der Waals surface area contributed by atoms with Gasteiger partial charge in [-0.25, -0.2) is 9.59 Å². The Balaban J connectivity index is 2.25. The number of hydrogen-bond acceptors (Lipinski definition) is 3. The zero-order valence-corrected chi connectivity index (χ0v) is 13.3. The van der Waals surface area contributed by atoms with Crippen molar-refractivity contribution in [1.82, 2.24) is 4.90 Å². The first kappa shape index (κ1) is 15.7. The number of aliphatic carboxylic acids is 1. The molecule has 1 saturated heterocycles. The van der Waals surface area contributed by atoms with Crippen molar-refractivity contribution >= 4 is 29.4 Å². The Hall–Kier alpha value is -1.69. The van der Waals surface area contributed by atoms with Crippen molar-refractivity contribution < 1.29 is 14.7 Å². The van der Waals surface area contributed by atoms with Gasteiger partial charge in [0, 0.05) is 18.5 Å². The maximum absolute atomic E-state index is 12.7. The van der Waals surface area contributed by atoms with Crippen LogP contribution >= 0.6 is 11.8 Å². The molecule has 2 atom stereocenters. The molecule has 2 rings (SSSR count). The smallest absolute Gasteiger partial charge is 0.327 e. The molecule has 0 aromatic heterocycles. The van der Waals surface area contributed by atoms with Crippen LogP contribution in [-0.4, -0.2) is 46.2 Å². The minimum absolute atomic E-state index is 0.0779. The summed E-state index contributed by atoms with van der Waals surface area (Å²) in [7, 11) is 1.69. The molecule has 0 saturated carbocycles. The third-order valence-corrected chi connectivity index (χ3v) is 5.08. The summed E-state index contributed by atoms with van der Waals surface area (Å²) in [5.41, 5.74) is 1.83. The molecule has 1 N–H and O–H groups in total. The third kappa shape index (κ3) is 3.15. The van der Waals surface area contributed by atoms with E-state index in [4.69, 9.17) is 0 Å². The van der Waals surface area contributed by atoms with Crippen molar-refractivity contribution in [3.8, 4) is 0 Å². The first-order chi connectivity index (χ1) is 9.95. The molecule has 1 aromatic carbocycles. The summed E-state index contributed by atoms with van der Waals surface area (Å²) >= 11 is 1.53. The number of carboxylic acid groups (broad SMARTS) is 1. The van der Waals surface area contributed by atoms with Crippen LogP contribution in [0.1, 0.15) is 18.9 Å². The van der Waals surface area contributed by atoms with Gasteiger partial charge in [-0.05, 0) is 31.0 Å². The molecule has 0 bridgehead atoms. The molecule has 0 radical (unpaired) electrons. The van der Waals surface area contributed by atoms with Gasteiger partial charge in [0.2, 0.25) is 0 Å². The van der Waals surface area contributed by atoms with Gasteiger partial charge in [0.05, 0.1) is 5.37 Å². The van der Waals surface area contributed by atoms with Crippen LogP contribution in [0.25, 0.3) is 0 Å². The predicted molar refractivity (Wildman–Crippen MR) is 84.8 cm³/mol. The molecule has 5 nitrogen and oxygen atoms in total. The zero-order chi connectivity index (χ0) is 15.6. The highest BCUT2D eigenvalue weighted by atomic mass is 32.2. The van der Waals surface area contributed by atoms with Gasteiger partial charge in [0.25, 0.3) is 0 Å². The van der Waals surface area contributed by atoms with Crippen LogP contribution in [0.5, 0.6) is 0 Å². The van der Waals surface area contributed by atoms with Crippen molar-refractivity contribution in [2.75, 3.05) is 17.7 Å². The second-order valence-corrected chi connectivity index (χ2v) is 6.35. The minimum atomic E-state index is -0.940. The molecule has 1 fully saturated rings. The topological polar surface area (TPSA) is 60.9 Å². The number of aryl methyl sites for hydroxylation is 1. The van der Waals surface area contributed by atoms with E-state index in [1.54, 1.807) is 7.05 Å². The lowest BCUT2D eigenvalue weighted by atomic mass is 10.2. The van der Waals surface area contributed by atoms with Gasteiger partial charge in [-0.3, -0.25) is 9.80 Å². The van der Waals surface area contributed by atoms with Gasteiger partial charge >= 0.3 is 12.0 Å². The van der Waals surface area contributed by atoms with Crippen LogP contribution in [0.15, 0.2) is 24.3 Å². The highest BCUT2D eigenvalue weighted by molar-refractivity contribution is 8.00. The van der Waals surface area contributed by atoms with Crippen LogP contribution in [0, 0.1) is 6.92 Å². The maximum atomic E-state index is 12.7. The van der Waals surface area contributed by atoms with E-state index in [1.165, 1.54) is 21.6 Å². The summed E-state index contributed by atoms with van der Waals surface area (Å²) in [5, 5.41) is 9.24. The summed E-state index contributed by atoms with van der Waals surface area (Å²) in [6, 6.07) is 6.61. The number of carbonyl (C=O) groups excluding carboxylic acids is 1. The van der Waals surface area contributed by atoms with E-state index in [2.05, 4.69) is 0 Å². The molecule has 21 heavy (non-hydrogen) atoms. The molecule has 6 heteroatoms. The molecule has 2 amide bonds. The summed E-state index contributed by atoms with van der Waals surface area (Å²) in [5.74, 6) is -0.495. The molecule has 0 aliphatic carbocycles. The van der Waals surface area contributed by atoms with Crippen molar-refractivity contribution in [1.29, 1.82) is 0 Å². The molecular weight excluding hydrogens is 288 g/mol. The number of thioether (sulfide) groups is 1. The SMILES string of the molecule is CCC1SCC(C(=O)O)N1C(=O)N(C)c1cccc(C)c1. The molecule has 1 heterocycles. The number of urea groups is 1. The maximum Gasteiger partial charge on any atom is 0.327 e. The number of carbonyl (C=O) groups is 2. The Morgan fingerprint density at radius 1 is 1.48 bits per heavy atom. The number of anilines is 1. The van der Waals surface area contributed by atoms with Gasteiger partial charge in [-0.15, -0.1) is 11.8 Å². The second kappa shape index (κ2) is 6.39. The Bertz CT molecular complexity index is 549. The lowest BCUT2D eigenvalue weighted by Crippen LogP contribution is -2.50. The summed E-state index contributed by atoms with van der Waals surface area (Å²) in [4.78, 5) is 27.1. The van der Waals surface area contributed by atoms with Crippen molar-refractivity contribution in [2.24, 2.45) is 0 Å². The number of hydrogen-bond donors (Lipinski definition) is 1. The van der Waals surface area contributed by atoms with Crippen molar-refractivity contribution in [3.05, 3.63) is 29.8 Å². The normalized spacial score (nSPS) is 21.4. The highest BCUT2D eigenvalue weighted by Crippen LogP contribution is 2.33. The lowest BCUT2D eigenvalue weighted by Gasteiger charge is -2.31. The molecular formula is C15H20N2O3S. The van der Waals surface area contributed by atoms with E-state index >= 15 is 0 Å². The van der Waals surface area contributed by atoms with E-state index in [1.807, 2.05) is 38.1 Å². The van der Waals surface area contributed by atoms with Crippen LogP contribution in [-0.2, 0) is 4.79 Å². The van der Waals surface area contributed by atoms with Gasteiger partial charge in [0.1, 0.15) is 6.04 Å². The average molecular weight is 308 g/mol. The largest absolute Gasteiger partial charge is 0.480 e. The summed E-state index contributed by atoms with van der Waals surface area (Å²) in [6.45, 7) is 3.93. The number of carboxylic acids is 1. The molecule has 1 aliphatic rings. The van der Waals surface area contributed by atoms with Crippen LogP contribution in [0.2, 0.25) is 0 Å². The van der Waals surface area contributed by atoms with E-state index < -0.39 is 12.0 Å². The fraction of sp³-hybridized carbons (Fsp3) is 0.467. The number of amides is 2. The van der Waals surface area contributed by atoms with E-state index in [0.29, 0.717) is 5.75 Å². The van der Waals surface area contributed by atoms with E-state index in [9.17, 15) is 14.7 Å². The monoisotopic (exact) mass is 308 g/mol. The van der Waals surface area contributed by atoms with E-state index in [0.717, 1.165) is 17.7 Å². The Labute approximate surface area is 128 Å². The highest BCUT2D eigenvalue weighted by Gasteiger charge is 2.42. The number of rotatable bonds is 3. The zero-order valence-electron chi connectivity index (χ0n) is 12.4. The van der Waals surface area contributed by atoms with Crippen LogP contribution < -0.4 is 4.90 Å².